The molecular weight excluding hydrogens is 367 g/mol. The van der Waals surface area contributed by atoms with Crippen LogP contribution >= 0.6 is 11.3 Å². The zero-order valence-corrected chi connectivity index (χ0v) is 15.7. The fourth-order valence-electron chi connectivity index (χ4n) is 3.31. The molecule has 0 bridgehead atoms. The zero-order chi connectivity index (χ0) is 19.2. The van der Waals surface area contributed by atoms with E-state index in [0.717, 1.165) is 22.4 Å². The highest BCUT2D eigenvalue weighted by molar-refractivity contribution is 7.12. The molecule has 2 heterocycles. The van der Waals surface area contributed by atoms with Gasteiger partial charge < -0.3 is 0 Å². The lowest BCUT2D eigenvalue weighted by atomic mass is 10.1. The Morgan fingerprint density at radius 1 is 1.46 bits per heavy atom. The number of carbonyl (C=O) groups is 1. The first-order valence-electron chi connectivity index (χ1n) is 8.18. The van der Waals surface area contributed by atoms with Crippen molar-refractivity contribution in [2.75, 3.05) is 7.11 Å². The summed E-state index contributed by atoms with van der Waals surface area (Å²) in [5.74, 6) is -0.360. The van der Waals surface area contributed by atoms with Gasteiger partial charge in [0.2, 0.25) is 0 Å². The van der Waals surface area contributed by atoms with Crippen molar-refractivity contribution >= 4 is 17.2 Å². The van der Waals surface area contributed by atoms with E-state index in [4.69, 9.17) is 4.84 Å². The van der Waals surface area contributed by atoms with Crippen LogP contribution in [0.1, 0.15) is 45.1 Å². The molecule has 0 N–H and O–H groups in total. The minimum Gasteiger partial charge on any atom is -0.274 e. The van der Waals surface area contributed by atoms with Crippen LogP contribution in [0.3, 0.4) is 0 Å². The van der Waals surface area contributed by atoms with Crippen molar-refractivity contribution in [3.8, 4) is 0 Å². The summed E-state index contributed by atoms with van der Waals surface area (Å²) in [6.45, 7) is 3.83. The van der Waals surface area contributed by atoms with Gasteiger partial charge in [0.05, 0.1) is 18.7 Å². The molecule has 1 amide bonds. The van der Waals surface area contributed by atoms with E-state index < -0.39 is 23.3 Å². The smallest absolute Gasteiger partial charge is 0.274 e. The largest absolute Gasteiger partial charge is 0.435 e. The molecule has 3 atom stereocenters. The first-order chi connectivity index (χ1) is 12.1. The number of rotatable bonds is 5. The van der Waals surface area contributed by atoms with Gasteiger partial charge in [-0.3, -0.25) is 14.3 Å². The van der Waals surface area contributed by atoms with Crippen molar-refractivity contribution in [3.05, 3.63) is 39.3 Å². The van der Waals surface area contributed by atoms with Crippen molar-refractivity contribution in [1.29, 1.82) is 0 Å². The Labute approximate surface area is 153 Å². The summed E-state index contributed by atoms with van der Waals surface area (Å²) in [6, 6.07) is 3.77. The quantitative estimate of drug-likeness (QED) is 0.729. The number of nitrogens with zero attached hydrogens (tertiary/aromatic N) is 3. The summed E-state index contributed by atoms with van der Waals surface area (Å²) in [5, 5.41) is 4.43. The van der Waals surface area contributed by atoms with Gasteiger partial charge >= 0.3 is 6.18 Å². The number of carbonyl (C=O) groups excluding carboxylic acids is 1. The van der Waals surface area contributed by atoms with Gasteiger partial charge in [-0.25, -0.2) is 5.06 Å². The molecule has 142 valence electrons. The average Bonchev–Trinajstić information content (AvgIpc) is 3.07. The van der Waals surface area contributed by atoms with Gasteiger partial charge in [-0.15, -0.1) is 11.3 Å². The van der Waals surface area contributed by atoms with Crippen LogP contribution < -0.4 is 0 Å². The molecule has 5 nitrogen and oxygen atoms in total. The molecular formula is C17H20F3N3O2S. The molecule has 0 aromatic carbocycles. The van der Waals surface area contributed by atoms with Crippen LogP contribution in [0.5, 0.6) is 0 Å². The topological polar surface area (TPSA) is 47.4 Å². The predicted molar refractivity (Wildman–Crippen MR) is 90.8 cm³/mol. The van der Waals surface area contributed by atoms with Crippen molar-refractivity contribution in [3.63, 3.8) is 0 Å². The van der Waals surface area contributed by atoms with Gasteiger partial charge in [0.1, 0.15) is 0 Å². The molecule has 0 radical (unpaired) electrons. The molecule has 3 unspecified atom stereocenters. The Balaban J connectivity index is 1.80. The monoisotopic (exact) mass is 387 g/mol. The van der Waals surface area contributed by atoms with Crippen LogP contribution in [-0.4, -0.2) is 33.9 Å². The van der Waals surface area contributed by atoms with Crippen LogP contribution in [0.25, 0.3) is 0 Å². The SMILES string of the molecule is CON(C(=O)c1cn(C)nc1C(F)(F)F)C(C)C1CC1c1ccc(C)s1. The standard InChI is InChI=1S/C17H20F3N3O2S/c1-9-5-6-14(26-9)12-7-11(12)10(2)23(25-4)16(24)13-8-22(3)21-15(13)17(18,19)20/h5-6,8,10-12H,7H2,1-4H3. The molecule has 1 aliphatic carbocycles. The normalized spacial score (nSPS) is 20.9. The summed E-state index contributed by atoms with van der Waals surface area (Å²) in [5.41, 5.74) is -1.70. The Bertz CT molecular complexity index is 815. The van der Waals surface area contributed by atoms with Crippen LogP contribution in [0, 0.1) is 12.8 Å². The first-order valence-corrected chi connectivity index (χ1v) is 9.00. The number of hydrogen-bond donors (Lipinski definition) is 0. The molecule has 2 aromatic heterocycles. The van der Waals surface area contributed by atoms with Crippen molar-refractivity contribution in [2.45, 2.75) is 38.4 Å². The molecule has 3 rings (SSSR count). The van der Waals surface area contributed by atoms with E-state index in [1.165, 1.54) is 23.9 Å². The number of hydrogen-bond acceptors (Lipinski definition) is 4. The van der Waals surface area contributed by atoms with E-state index in [-0.39, 0.29) is 12.0 Å². The molecule has 1 saturated carbocycles. The number of amides is 1. The fraction of sp³-hybridized carbons (Fsp3) is 0.529. The summed E-state index contributed by atoms with van der Waals surface area (Å²) >= 11 is 1.71. The molecule has 0 aliphatic heterocycles. The maximum absolute atomic E-state index is 13.2. The van der Waals surface area contributed by atoms with E-state index in [2.05, 4.69) is 11.2 Å². The molecule has 26 heavy (non-hydrogen) atoms. The molecule has 2 aromatic rings. The summed E-state index contributed by atoms with van der Waals surface area (Å²) < 4.78 is 40.5. The third-order valence-electron chi connectivity index (χ3n) is 4.68. The van der Waals surface area contributed by atoms with Crippen LogP contribution in [0.15, 0.2) is 18.3 Å². The highest BCUT2D eigenvalue weighted by Crippen LogP contribution is 2.52. The van der Waals surface area contributed by atoms with Gasteiger partial charge in [0.15, 0.2) is 5.69 Å². The van der Waals surface area contributed by atoms with E-state index in [9.17, 15) is 18.0 Å². The molecule has 0 saturated heterocycles. The lowest BCUT2D eigenvalue weighted by molar-refractivity contribution is -0.144. The van der Waals surface area contributed by atoms with Gasteiger partial charge in [-0.1, -0.05) is 0 Å². The fourth-order valence-corrected chi connectivity index (χ4v) is 4.38. The van der Waals surface area contributed by atoms with Crippen molar-refractivity contribution < 1.29 is 22.8 Å². The summed E-state index contributed by atoms with van der Waals surface area (Å²) in [6.07, 6.45) is -2.74. The number of alkyl halides is 3. The Morgan fingerprint density at radius 3 is 2.69 bits per heavy atom. The van der Waals surface area contributed by atoms with E-state index in [0.29, 0.717) is 5.92 Å². The lowest BCUT2D eigenvalue weighted by Gasteiger charge is -2.27. The van der Waals surface area contributed by atoms with Crippen LogP contribution in [-0.2, 0) is 18.1 Å². The van der Waals surface area contributed by atoms with Crippen molar-refractivity contribution in [2.24, 2.45) is 13.0 Å². The van der Waals surface area contributed by atoms with Crippen LogP contribution in [0.4, 0.5) is 13.2 Å². The third-order valence-corrected chi connectivity index (χ3v) is 5.81. The number of hydroxylamine groups is 2. The Hall–Kier alpha value is -1.87. The van der Waals surface area contributed by atoms with Gasteiger partial charge in [-0.2, -0.15) is 18.3 Å². The second-order valence-electron chi connectivity index (χ2n) is 6.57. The second kappa shape index (κ2) is 6.70. The van der Waals surface area contributed by atoms with E-state index in [1.807, 2.05) is 13.0 Å². The molecule has 1 fully saturated rings. The zero-order valence-electron chi connectivity index (χ0n) is 14.9. The van der Waals surface area contributed by atoms with E-state index in [1.54, 1.807) is 18.3 Å². The molecule has 1 aliphatic rings. The second-order valence-corrected chi connectivity index (χ2v) is 7.89. The Kier molecular flexibility index (Phi) is 4.87. The Morgan fingerprint density at radius 2 is 2.15 bits per heavy atom. The lowest BCUT2D eigenvalue weighted by Crippen LogP contribution is -2.40. The van der Waals surface area contributed by atoms with Crippen molar-refractivity contribution in [1.82, 2.24) is 14.8 Å². The summed E-state index contributed by atoms with van der Waals surface area (Å²) in [4.78, 5) is 20.4. The molecule has 9 heteroatoms. The van der Waals surface area contributed by atoms with Gasteiger partial charge in [0, 0.05) is 23.0 Å². The van der Waals surface area contributed by atoms with Gasteiger partial charge in [-0.05, 0) is 44.2 Å². The average molecular weight is 387 g/mol. The number of halogens is 3. The maximum Gasteiger partial charge on any atom is 0.435 e. The number of aryl methyl sites for hydroxylation is 2. The van der Waals surface area contributed by atoms with E-state index >= 15 is 0 Å². The maximum atomic E-state index is 13.2. The van der Waals surface area contributed by atoms with Crippen LogP contribution in [0.2, 0.25) is 0 Å². The predicted octanol–water partition coefficient (Wildman–Crippen LogP) is 4.00. The number of aromatic nitrogens is 2. The minimum atomic E-state index is -4.70. The third kappa shape index (κ3) is 3.50. The van der Waals surface area contributed by atoms with Gasteiger partial charge in [0.25, 0.3) is 5.91 Å². The highest BCUT2D eigenvalue weighted by Gasteiger charge is 2.48. The highest BCUT2D eigenvalue weighted by atomic mass is 32.1. The summed E-state index contributed by atoms with van der Waals surface area (Å²) in [7, 11) is 2.65. The molecule has 0 spiro atoms. The first kappa shape index (κ1) is 18.9. The number of thiophene rings is 1. The minimum absolute atomic E-state index is 0.156.